The van der Waals surface area contributed by atoms with Crippen LogP contribution in [-0.2, 0) is 17.6 Å². The first-order valence-electron chi connectivity index (χ1n) is 8.53. The number of carboxylic acids is 1. The monoisotopic (exact) mass is 326 g/mol. The van der Waals surface area contributed by atoms with Crippen molar-refractivity contribution in [1.29, 1.82) is 0 Å². The van der Waals surface area contributed by atoms with E-state index in [4.69, 9.17) is 0 Å². The predicted octanol–water partition coefficient (Wildman–Crippen LogP) is 2.95. The number of carboxylic acid groups (broad SMARTS) is 1. The largest absolute Gasteiger partial charge is 0.481 e. The standard InChI is InChI=1S/C19H22N2O3/c1-2-6-12(19(23)24)11-20-18(22)17-13-7-3-4-9-15(13)21-16-10-5-8-14(16)17/h3-4,7,9,12H,2,5-6,8,10-11H2,1H3,(H,20,22)(H,23,24). The van der Waals surface area contributed by atoms with Crippen LogP contribution >= 0.6 is 0 Å². The van der Waals surface area contributed by atoms with Gasteiger partial charge in [-0.05, 0) is 37.3 Å². The van der Waals surface area contributed by atoms with Gasteiger partial charge in [0.2, 0.25) is 0 Å². The fraction of sp³-hybridized carbons (Fsp3) is 0.421. The molecule has 2 aromatic rings. The summed E-state index contributed by atoms with van der Waals surface area (Å²) in [5.74, 6) is -1.59. The zero-order valence-electron chi connectivity index (χ0n) is 13.8. The number of nitrogens with zero attached hydrogens (tertiary/aromatic N) is 1. The number of rotatable bonds is 6. The van der Waals surface area contributed by atoms with E-state index in [1.165, 1.54) is 0 Å². The highest BCUT2D eigenvalue weighted by Crippen LogP contribution is 2.29. The van der Waals surface area contributed by atoms with Crippen molar-refractivity contribution in [3.63, 3.8) is 0 Å². The van der Waals surface area contributed by atoms with Crippen molar-refractivity contribution < 1.29 is 14.7 Å². The van der Waals surface area contributed by atoms with Gasteiger partial charge >= 0.3 is 5.97 Å². The van der Waals surface area contributed by atoms with Gasteiger partial charge in [0.1, 0.15) is 0 Å². The Morgan fingerprint density at radius 2 is 2.08 bits per heavy atom. The van der Waals surface area contributed by atoms with Crippen LogP contribution in [0.25, 0.3) is 10.9 Å². The van der Waals surface area contributed by atoms with E-state index in [1.807, 2.05) is 31.2 Å². The molecule has 0 saturated heterocycles. The lowest BCUT2D eigenvalue weighted by Gasteiger charge is -2.15. The van der Waals surface area contributed by atoms with Crippen LogP contribution in [0.2, 0.25) is 0 Å². The number of nitrogens with one attached hydrogen (secondary N) is 1. The number of hydrogen-bond donors (Lipinski definition) is 2. The minimum atomic E-state index is -0.859. The fourth-order valence-corrected chi connectivity index (χ4v) is 3.44. The van der Waals surface area contributed by atoms with Gasteiger partial charge in [-0.1, -0.05) is 31.5 Å². The molecule has 0 bridgehead atoms. The van der Waals surface area contributed by atoms with E-state index in [1.54, 1.807) is 0 Å². The van der Waals surface area contributed by atoms with Crippen molar-refractivity contribution in [3.05, 3.63) is 41.1 Å². The molecule has 1 aromatic carbocycles. The summed E-state index contributed by atoms with van der Waals surface area (Å²) in [5.41, 5.74) is 3.52. The maximum Gasteiger partial charge on any atom is 0.308 e. The third-order valence-electron chi connectivity index (χ3n) is 4.64. The predicted molar refractivity (Wildman–Crippen MR) is 92.1 cm³/mol. The van der Waals surface area contributed by atoms with Gasteiger partial charge in [-0.15, -0.1) is 0 Å². The van der Waals surface area contributed by atoms with Gasteiger partial charge < -0.3 is 10.4 Å². The van der Waals surface area contributed by atoms with Crippen LogP contribution in [0, 0.1) is 5.92 Å². The Balaban J connectivity index is 1.91. The van der Waals surface area contributed by atoms with Crippen molar-refractivity contribution in [3.8, 4) is 0 Å². The molecule has 1 heterocycles. The summed E-state index contributed by atoms with van der Waals surface area (Å²) in [6.45, 7) is 2.11. The van der Waals surface area contributed by atoms with Crippen molar-refractivity contribution >= 4 is 22.8 Å². The Labute approximate surface area is 141 Å². The highest BCUT2D eigenvalue weighted by atomic mass is 16.4. The van der Waals surface area contributed by atoms with Crippen LogP contribution in [0.1, 0.15) is 47.8 Å². The second-order valence-electron chi connectivity index (χ2n) is 6.32. The van der Waals surface area contributed by atoms with Gasteiger partial charge in [-0.25, -0.2) is 0 Å². The number of fused-ring (bicyclic) bond motifs is 2. The Kier molecular flexibility index (Phi) is 4.79. The third-order valence-corrected chi connectivity index (χ3v) is 4.64. The lowest BCUT2D eigenvalue weighted by Crippen LogP contribution is -2.33. The number of para-hydroxylation sites is 1. The van der Waals surface area contributed by atoms with Gasteiger partial charge in [0, 0.05) is 17.6 Å². The van der Waals surface area contributed by atoms with Crippen molar-refractivity contribution in [2.24, 2.45) is 5.92 Å². The maximum atomic E-state index is 12.8. The molecule has 5 nitrogen and oxygen atoms in total. The highest BCUT2D eigenvalue weighted by molar-refractivity contribution is 6.07. The average molecular weight is 326 g/mol. The summed E-state index contributed by atoms with van der Waals surface area (Å²) in [5, 5.41) is 12.9. The Morgan fingerprint density at radius 1 is 1.29 bits per heavy atom. The van der Waals surface area contributed by atoms with Crippen molar-refractivity contribution in [1.82, 2.24) is 10.3 Å². The quantitative estimate of drug-likeness (QED) is 0.855. The zero-order chi connectivity index (χ0) is 17.1. The SMILES string of the molecule is CCCC(CNC(=O)c1c2c(nc3ccccc13)CCC2)C(=O)O. The maximum absolute atomic E-state index is 12.8. The number of aliphatic carboxylic acids is 1. The number of carbonyl (C=O) groups excluding carboxylic acids is 1. The van der Waals surface area contributed by atoms with E-state index in [2.05, 4.69) is 10.3 Å². The number of pyridine rings is 1. The molecule has 2 N–H and O–H groups in total. The number of benzene rings is 1. The molecule has 0 aliphatic heterocycles. The second kappa shape index (κ2) is 6.99. The molecule has 24 heavy (non-hydrogen) atoms. The van der Waals surface area contributed by atoms with Gasteiger partial charge in [0.25, 0.3) is 5.91 Å². The van der Waals surface area contributed by atoms with Gasteiger partial charge in [-0.2, -0.15) is 0 Å². The van der Waals surface area contributed by atoms with Crippen LogP contribution in [0.3, 0.4) is 0 Å². The fourth-order valence-electron chi connectivity index (χ4n) is 3.44. The van der Waals surface area contributed by atoms with Crippen LogP contribution in [0.4, 0.5) is 0 Å². The molecular formula is C19H22N2O3. The molecule has 0 fully saturated rings. The molecule has 5 heteroatoms. The van der Waals surface area contributed by atoms with Crippen LogP contribution < -0.4 is 5.32 Å². The first-order chi connectivity index (χ1) is 11.6. The molecule has 1 amide bonds. The molecular weight excluding hydrogens is 304 g/mol. The van der Waals surface area contributed by atoms with Gasteiger partial charge in [-0.3, -0.25) is 14.6 Å². The first-order valence-corrected chi connectivity index (χ1v) is 8.53. The van der Waals surface area contributed by atoms with E-state index < -0.39 is 11.9 Å². The van der Waals surface area contributed by atoms with E-state index in [0.717, 1.165) is 47.8 Å². The summed E-state index contributed by atoms with van der Waals surface area (Å²) in [6, 6.07) is 7.65. The van der Waals surface area contributed by atoms with E-state index in [0.29, 0.717) is 12.0 Å². The summed E-state index contributed by atoms with van der Waals surface area (Å²) < 4.78 is 0. The summed E-state index contributed by atoms with van der Waals surface area (Å²) in [7, 11) is 0. The van der Waals surface area contributed by atoms with E-state index in [9.17, 15) is 14.7 Å². The summed E-state index contributed by atoms with van der Waals surface area (Å²) in [6.07, 6.45) is 4.10. The number of aryl methyl sites for hydroxylation is 1. The Hall–Kier alpha value is -2.43. The lowest BCUT2D eigenvalue weighted by atomic mass is 9.99. The molecule has 1 unspecified atom stereocenters. The van der Waals surface area contributed by atoms with E-state index in [-0.39, 0.29) is 12.5 Å². The molecule has 0 spiro atoms. The van der Waals surface area contributed by atoms with E-state index >= 15 is 0 Å². The molecule has 0 saturated carbocycles. The minimum absolute atomic E-state index is 0.160. The average Bonchev–Trinajstić information content (AvgIpc) is 3.03. The van der Waals surface area contributed by atoms with Crippen molar-refractivity contribution in [2.75, 3.05) is 6.54 Å². The Bertz CT molecular complexity index is 786. The molecule has 1 aliphatic rings. The number of hydrogen-bond acceptors (Lipinski definition) is 3. The minimum Gasteiger partial charge on any atom is -0.481 e. The molecule has 0 radical (unpaired) electrons. The number of carbonyl (C=O) groups is 2. The summed E-state index contributed by atoms with van der Waals surface area (Å²) in [4.78, 5) is 28.8. The zero-order valence-corrected chi connectivity index (χ0v) is 13.8. The third kappa shape index (κ3) is 3.11. The normalized spacial score (nSPS) is 14.4. The lowest BCUT2D eigenvalue weighted by molar-refractivity contribution is -0.141. The first kappa shape index (κ1) is 16.4. The molecule has 126 valence electrons. The highest BCUT2D eigenvalue weighted by Gasteiger charge is 2.25. The molecule has 1 aliphatic carbocycles. The van der Waals surface area contributed by atoms with Crippen molar-refractivity contribution in [2.45, 2.75) is 39.0 Å². The van der Waals surface area contributed by atoms with Crippen LogP contribution in [0.5, 0.6) is 0 Å². The number of amides is 1. The molecule has 3 rings (SSSR count). The van der Waals surface area contributed by atoms with Gasteiger partial charge in [0.05, 0.1) is 17.0 Å². The summed E-state index contributed by atoms with van der Waals surface area (Å²) >= 11 is 0. The topological polar surface area (TPSA) is 79.3 Å². The second-order valence-corrected chi connectivity index (χ2v) is 6.32. The molecule has 1 aromatic heterocycles. The van der Waals surface area contributed by atoms with Crippen LogP contribution in [0.15, 0.2) is 24.3 Å². The van der Waals surface area contributed by atoms with Gasteiger partial charge in [0.15, 0.2) is 0 Å². The van der Waals surface area contributed by atoms with Crippen LogP contribution in [-0.4, -0.2) is 28.5 Å². The number of aromatic nitrogens is 1. The smallest absolute Gasteiger partial charge is 0.308 e. The Morgan fingerprint density at radius 3 is 2.83 bits per heavy atom. The molecule has 1 atom stereocenters.